The average Bonchev–Trinajstić information content (AvgIpc) is 3.30. The number of nitrogens with one attached hydrogen (secondary N) is 1. The molecule has 2 atom stereocenters. The summed E-state index contributed by atoms with van der Waals surface area (Å²) in [5.74, 6) is -0.0138. The van der Waals surface area contributed by atoms with E-state index in [9.17, 15) is 28.4 Å². The van der Waals surface area contributed by atoms with Gasteiger partial charge in [-0.1, -0.05) is 12.1 Å². The van der Waals surface area contributed by atoms with E-state index in [2.05, 4.69) is 9.71 Å². The number of carbonyl (C=O) groups excluding carboxylic acids is 1. The quantitative estimate of drug-likeness (QED) is 0.289. The number of aliphatic hydroxyl groups is 1. The maximum atomic E-state index is 13.3. The van der Waals surface area contributed by atoms with Gasteiger partial charge < -0.3 is 14.7 Å². The number of nitro benzene ring substituents is 1. The zero-order chi connectivity index (χ0) is 27.4. The number of likely N-dealkylation sites (N-methyl/N-ethyl adjacent to an activating group) is 1. The third-order valence-electron chi connectivity index (χ3n) is 6.38. The Labute approximate surface area is 220 Å². The summed E-state index contributed by atoms with van der Waals surface area (Å²) >= 11 is 0. The molecular weight excluding hydrogens is 514 g/mol. The molecule has 1 fully saturated rings. The number of ether oxygens (including phenoxy) is 1. The van der Waals surface area contributed by atoms with E-state index in [1.54, 1.807) is 37.4 Å². The molecule has 4 rings (SSSR count). The molecule has 0 spiro atoms. The zero-order valence-electron chi connectivity index (χ0n) is 21.0. The van der Waals surface area contributed by atoms with Gasteiger partial charge in [0, 0.05) is 50.4 Å². The maximum absolute atomic E-state index is 13.3. The van der Waals surface area contributed by atoms with E-state index in [1.165, 1.54) is 29.3 Å². The molecule has 202 valence electrons. The number of likely N-dealkylation sites (tertiary alicyclic amines) is 1. The summed E-state index contributed by atoms with van der Waals surface area (Å²) in [6, 6.07) is 12.1. The van der Waals surface area contributed by atoms with Gasteiger partial charge in [-0.3, -0.25) is 29.5 Å². The number of aromatic nitrogens is 1. The smallest absolute Gasteiger partial charge is 0.269 e. The Kier molecular flexibility index (Phi) is 8.09. The first-order valence-electron chi connectivity index (χ1n) is 11.9. The Morgan fingerprint density at radius 2 is 2.11 bits per heavy atom. The van der Waals surface area contributed by atoms with Crippen LogP contribution in [-0.2, 0) is 14.8 Å². The third-order valence-corrected chi connectivity index (χ3v) is 6.97. The molecule has 1 amide bonds. The van der Waals surface area contributed by atoms with Crippen molar-refractivity contribution in [3.8, 4) is 5.75 Å². The summed E-state index contributed by atoms with van der Waals surface area (Å²) in [7, 11) is -1.92. The van der Waals surface area contributed by atoms with Gasteiger partial charge in [-0.05, 0) is 36.2 Å². The number of sulfonamides is 1. The summed E-state index contributed by atoms with van der Waals surface area (Å²) in [6.45, 7) is 1.17. The lowest BCUT2D eigenvalue weighted by Gasteiger charge is -2.32. The Bertz CT molecular complexity index is 1450. The SMILES string of the molecule is CN(C(=O)COc1ccc(NS(C)(=O)=O)c2ncccc12)C(CN1CC[C@H](O)C1)c1cccc([N+](=O)[O-])c1. The van der Waals surface area contributed by atoms with Crippen molar-refractivity contribution in [2.45, 2.75) is 18.6 Å². The fraction of sp³-hybridized carbons (Fsp3) is 0.360. The Hall–Kier alpha value is -3.81. The van der Waals surface area contributed by atoms with Crippen LogP contribution >= 0.6 is 0 Å². The van der Waals surface area contributed by atoms with E-state index >= 15 is 0 Å². The highest BCUT2D eigenvalue weighted by molar-refractivity contribution is 7.92. The highest BCUT2D eigenvalue weighted by atomic mass is 32.2. The molecule has 12 nitrogen and oxygen atoms in total. The van der Waals surface area contributed by atoms with Gasteiger partial charge in [-0.15, -0.1) is 0 Å². The van der Waals surface area contributed by atoms with Gasteiger partial charge in [0.1, 0.15) is 5.75 Å². The molecule has 13 heteroatoms. The molecule has 1 unspecified atom stereocenters. The van der Waals surface area contributed by atoms with E-state index in [1.807, 2.05) is 4.90 Å². The van der Waals surface area contributed by atoms with Crippen LogP contribution in [0, 0.1) is 10.1 Å². The fourth-order valence-corrected chi connectivity index (χ4v) is 5.05. The van der Waals surface area contributed by atoms with Gasteiger partial charge in [0.15, 0.2) is 6.61 Å². The standard InChI is InChI=1S/C25H29N5O7S/c1-28(22(15-29-12-10-19(31)14-29)17-5-3-6-18(13-17)30(33)34)24(32)16-37-23-9-8-21(27-38(2,35)36)25-20(23)7-4-11-26-25/h3-9,11,13,19,22,27,31H,10,12,14-16H2,1-2H3/t19-,22?/m0/s1. The molecule has 1 aliphatic heterocycles. The topological polar surface area (TPSA) is 155 Å². The molecule has 1 saturated heterocycles. The van der Waals surface area contributed by atoms with E-state index in [-0.39, 0.29) is 23.9 Å². The number of hydrogen-bond acceptors (Lipinski definition) is 9. The van der Waals surface area contributed by atoms with Crippen LogP contribution < -0.4 is 9.46 Å². The number of amides is 1. The van der Waals surface area contributed by atoms with Gasteiger partial charge >= 0.3 is 0 Å². The monoisotopic (exact) mass is 543 g/mol. The summed E-state index contributed by atoms with van der Waals surface area (Å²) in [6.07, 6.45) is 2.74. The number of nitrogens with zero attached hydrogens (tertiary/aromatic N) is 4. The Morgan fingerprint density at radius 3 is 2.79 bits per heavy atom. The van der Waals surface area contributed by atoms with Crippen molar-refractivity contribution < 1.29 is 28.0 Å². The molecule has 2 aromatic carbocycles. The second-order valence-corrected chi connectivity index (χ2v) is 11.0. The van der Waals surface area contributed by atoms with Crippen LogP contribution in [0.2, 0.25) is 0 Å². The van der Waals surface area contributed by atoms with Crippen LogP contribution in [0.15, 0.2) is 54.7 Å². The number of nitro groups is 1. The van der Waals surface area contributed by atoms with Crippen LogP contribution in [0.5, 0.6) is 5.75 Å². The number of β-amino-alcohol motifs (C(OH)–C–C–N with tert-alkyl or cyclic N) is 1. The van der Waals surface area contributed by atoms with Crippen molar-refractivity contribution >= 4 is 38.2 Å². The number of anilines is 1. The summed E-state index contributed by atoms with van der Waals surface area (Å²) in [4.78, 5) is 31.9. The van der Waals surface area contributed by atoms with Crippen molar-refractivity contribution in [2.24, 2.45) is 0 Å². The predicted molar refractivity (Wildman–Crippen MR) is 141 cm³/mol. The first-order valence-corrected chi connectivity index (χ1v) is 13.8. The van der Waals surface area contributed by atoms with Crippen LogP contribution in [0.3, 0.4) is 0 Å². The highest BCUT2D eigenvalue weighted by Crippen LogP contribution is 2.31. The number of rotatable bonds is 10. The number of hydrogen-bond donors (Lipinski definition) is 2. The van der Waals surface area contributed by atoms with Crippen molar-refractivity contribution in [3.63, 3.8) is 0 Å². The molecule has 1 aromatic heterocycles. The van der Waals surface area contributed by atoms with Crippen LogP contribution in [-0.4, -0.2) is 84.8 Å². The average molecular weight is 544 g/mol. The molecule has 0 saturated carbocycles. The lowest BCUT2D eigenvalue weighted by Crippen LogP contribution is -2.41. The number of fused-ring (bicyclic) bond motifs is 1. The van der Waals surface area contributed by atoms with Crippen molar-refractivity contribution in [1.82, 2.24) is 14.8 Å². The first-order chi connectivity index (χ1) is 18.0. The fourth-order valence-electron chi connectivity index (χ4n) is 4.49. The highest BCUT2D eigenvalue weighted by Gasteiger charge is 2.29. The minimum absolute atomic E-state index is 0.0761. The van der Waals surface area contributed by atoms with E-state index in [0.717, 1.165) is 6.26 Å². The Balaban J connectivity index is 1.55. The lowest BCUT2D eigenvalue weighted by atomic mass is 10.0. The summed E-state index contributed by atoms with van der Waals surface area (Å²) < 4.78 is 31.7. The lowest BCUT2D eigenvalue weighted by molar-refractivity contribution is -0.385. The van der Waals surface area contributed by atoms with Gasteiger partial charge in [-0.25, -0.2) is 8.42 Å². The molecule has 1 aliphatic rings. The first kappa shape index (κ1) is 27.2. The molecule has 0 radical (unpaired) electrons. The minimum Gasteiger partial charge on any atom is -0.483 e. The van der Waals surface area contributed by atoms with Gasteiger partial charge in [0.05, 0.1) is 34.5 Å². The number of pyridine rings is 1. The molecule has 38 heavy (non-hydrogen) atoms. The van der Waals surface area contributed by atoms with Crippen LogP contribution in [0.25, 0.3) is 10.9 Å². The predicted octanol–water partition coefficient (Wildman–Crippen LogP) is 2.16. The number of benzene rings is 2. The van der Waals surface area contributed by atoms with Crippen molar-refractivity contribution in [1.29, 1.82) is 0 Å². The summed E-state index contributed by atoms with van der Waals surface area (Å²) in [5.41, 5.74) is 1.19. The van der Waals surface area contributed by atoms with E-state index in [0.29, 0.717) is 48.3 Å². The molecular formula is C25H29N5O7S. The van der Waals surface area contributed by atoms with Crippen LogP contribution in [0.4, 0.5) is 11.4 Å². The second-order valence-electron chi connectivity index (χ2n) is 9.25. The van der Waals surface area contributed by atoms with Gasteiger partial charge in [-0.2, -0.15) is 0 Å². The van der Waals surface area contributed by atoms with Crippen molar-refractivity contribution in [3.05, 3.63) is 70.4 Å². The van der Waals surface area contributed by atoms with E-state index < -0.39 is 27.1 Å². The Morgan fingerprint density at radius 1 is 1.32 bits per heavy atom. The largest absolute Gasteiger partial charge is 0.483 e. The molecule has 0 bridgehead atoms. The third kappa shape index (κ3) is 6.54. The number of carbonyl (C=O) groups is 1. The van der Waals surface area contributed by atoms with Crippen LogP contribution in [0.1, 0.15) is 18.0 Å². The summed E-state index contributed by atoms with van der Waals surface area (Å²) in [5, 5.41) is 21.8. The molecule has 2 heterocycles. The van der Waals surface area contributed by atoms with Gasteiger partial charge in [0.25, 0.3) is 11.6 Å². The molecule has 0 aliphatic carbocycles. The zero-order valence-corrected chi connectivity index (χ0v) is 21.8. The van der Waals surface area contributed by atoms with Crippen molar-refractivity contribution in [2.75, 3.05) is 44.3 Å². The number of aliphatic hydroxyl groups excluding tert-OH is 1. The second kappa shape index (κ2) is 11.3. The maximum Gasteiger partial charge on any atom is 0.269 e. The molecule has 3 aromatic rings. The van der Waals surface area contributed by atoms with E-state index in [4.69, 9.17) is 4.74 Å². The van der Waals surface area contributed by atoms with Gasteiger partial charge in [0.2, 0.25) is 10.0 Å². The normalized spacial score (nSPS) is 16.8. The molecule has 2 N–H and O–H groups in total. The minimum atomic E-state index is -3.53. The number of non-ortho nitro benzene ring substituents is 1.